The second-order valence-electron chi connectivity index (χ2n) is 6.19. The van der Waals surface area contributed by atoms with Crippen LogP contribution in [0.5, 0.6) is 0 Å². The van der Waals surface area contributed by atoms with Crippen LogP contribution in [0.3, 0.4) is 0 Å². The summed E-state index contributed by atoms with van der Waals surface area (Å²) in [6.07, 6.45) is 1.94. The third-order valence-electron chi connectivity index (χ3n) is 4.55. The Morgan fingerprint density at radius 1 is 1.00 bits per heavy atom. The van der Waals surface area contributed by atoms with Crippen LogP contribution in [0.4, 0.5) is 0 Å². The average molecular weight is 318 g/mol. The Morgan fingerprint density at radius 3 is 2.38 bits per heavy atom. The van der Waals surface area contributed by atoms with Gasteiger partial charge in [0.05, 0.1) is 0 Å². The second kappa shape index (κ2) is 6.32. The molecular formula is C20H18N2O2. The van der Waals surface area contributed by atoms with Crippen molar-refractivity contribution in [2.45, 2.75) is 24.8 Å². The minimum atomic E-state index is -0.169. The lowest BCUT2D eigenvalue weighted by atomic mass is 9.76. The highest BCUT2D eigenvalue weighted by Crippen LogP contribution is 2.36. The third-order valence-corrected chi connectivity index (χ3v) is 4.55. The number of carbonyl (C=O) groups is 1. The molecule has 1 aromatic heterocycles. The summed E-state index contributed by atoms with van der Waals surface area (Å²) in [5.41, 5.74) is 2.59. The summed E-state index contributed by atoms with van der Waals surface area (Å²) in [5.74, 6) is 0.975. The van der Waals surface area contributed by atoms with Crippen LogP contribution in [0.25, 0.3) is 11.3 Å². The van der Waals surface area contributed by atoms with Gasteiger partial charge in [-0.05, 0) is 24.3 Å². The van der Waals surface area contributed by atoms with Gasteiger partial charge in [-0.2, -0.15) is 0 Å². The molecule has 1 aliphatic carbocycles. The van der Waals surface area contributed by atoms with Gasteiger partial charge in [-0.25, -0.2) is 0 Å². The molecule has 1 amide bonds. The lowest BCUT2D eigenvalue weighted by Crippen LogP contribution is -2.43. The summed E-state index contributed by atoms with van der Waals surface area (Å²) in [4.78, 5) is 12.3. The average Bonchev–Trinajstić information content (AvgIpc) is 3.09. The van der Waals surface area contributed by atoms with Crippen LogP contribution in [0.15, 0.2) is 71.3 Å². The molecule has 1 saturated carbocycles. The molecule has 4 heteroatoms. The van der Waals surface area contributed by atoms with Crippen molar-refractivity contribution in [3.63, 3.8) is 0 Å². The number of benzene rings is 2. The molecule has 0 aliphatic heterocycles. The molecule has 3 aromatic rings. The van der Waals surface area contributed by atoms with E-state index in [9.17, 15) is 4.79 Å². The molecule has 1 heterocycles. The molecule has 0 radical (unpaired) electrons. The van der Waals surface area contributed by atoms with Crippen molar-refractivity contribution >= 4 is 5.91 Å². The lowest BCUT2D eigenvalue weighted by Gasteiger charge is -2.36. The number of nitrogens with zero attached hydrogens (tertiary/aromatic N) is 1. The maximum Gasteiger partial charge on any atom is 0.273 e. The fourth-order valence-corrected chi connectivity index (χ4v) is 3.11. The van der Waals surface area contributed by atoms with Crippen molar-refractivity contribution in [3.8, 4) is 11.3 Å². The smallest absolute Gasteiger partial charge is 0.273 e. The van der Waals surface area contributed by atoms with E-state index in [1.165, 1.54) is 5.56 Å². The molecule has 0 spiro atoms. The van der Waals surface area contributed by atoms with E-state index in [4.69, 9.17) is 4.52 Å². The number of nitrogens with one attached hydrogen (secondary N) is 1. The quantitative estimate of drug-likeness (QED) is 0.790. The van der Waals surface area contributed by atoms with E-state index in [0.717, 1.165) is 18.4 Å². The zero-order valence-corrected chi connectivity index (χ0v) is 13.2. The molecule has 1 aliphatic rings. The first-order valence-electron chi connectivity index (χ1n) is 8.17. The van der Waals surface area contributed by atoms with Crippen LogP contribution in [-0.2, 0) is 0 Å². The van der Waals surface area contributed by atoms with Crippen molar-refractivity contribution in [1.29, 1.82) is 0 Å². The Kier molecular flexibility index (Phi) is 3.87. The van der Waals surface area contributed by atoms with Gasteiger partial charge in [0.15, 0.2) is 11.5 Å². The maximum atomic E-state index is 12.3. The predicted octanol–water partition coefficient (Wildman–Crippen LogP) is 4.02. The maximum absolute atomic E-state index is 12.3. The SMILES string of the molecule is O=C(NC1CC(c2ccccc2)C1)c1cc(-c2ccccc2)on1. The first-order chi connectivity index (χ1) is 11.8. The summed E-state index contributed by atoms with van der Waals surface area (Å²) in [6, 6.07) is 22.0. The number of amides is 1. The third kappa shape index (κ3) is 2.95. The molecule has 24 heavy (non-hydrogen) atoms. The van der Waals surface area contributed by atoms with Gasteiger partial charge < -0.3 is 9.84 Å². The fraction of sp³-hybridized carbons (Fsp3) is 0.200. The summed E-state index contributed by atoms with van der Waals surface area (Å²) in [6.45, 7) is 0. The van der Waals surface area contributed by atoms with Crippen LogP contribution >= 0.6 is 0 Å². The largest absolute Gasteiger partial charge is 0.355 e. The monoisotopic (exact) mass is 318 g/mol. The Bertz CT molecular complexity index is 821. The number of aromatic nitrogens is 1. The molecule has 120 valence electrons. The molecule has 0 atom stereocenters. The Morgan fingerprint density at radius 2 is 1.67 bits per heavy atom. The number of hydrogen-bond acceptors (Lipinski definition) is 3. The van der Waals surface area contributed by atoms with Crippen LogP contribution in [0, 0.1) is 0 Å². The number of carbonyl (C=O) groups excluding carboxylic acids is 1. The highest BCUT2D eigenvalue weighted by atomic mass is 16.5. The first kappa shape index (κ1) is 14.7. The molecule has 0 saturated heterocycles. The number of hydrogen-bond donors (Lipinski definition) is 1. The van der Waals surface area contributed by atoms with Gasteiger partial charge in [-0.3, -0.25) is 4.79 Å². The van der Waals surface area contributed by atoms with Crippen molar-refractivity contribution in [3.05, 3.63) is 78.0 Å². The van der Waals surface area contributed by atoms with Crippen molar-refractivity contribution in [2.24, 2.45) is 0 Å². The van der Waals surface area contributed by atoms with Crippen LogP contribution in [0.2, 0.25) is 0 Å². The van der Waals surface area contributed by atoms with Crippen molar-refractivity contribution in [2.75, 3.05) is 0 Å². The van der Waals surface area contributed by atoms with E-state index < -0.39 is 0 Å². The zero-order chi connectivity index (χ0) is 16.4. The topological polar surface area (TPSA) is 55.1 Å². The molecule has 4 nitrogen and oxygen atoms in total. The van der Waals surface area contributed by atoms with Crippen LogP contribution in [0.1, 0.15) is 34.8 Å². The van der Waals surface area contributed by atoms with Gasteiger partial charge in [0.25, 0.3) is 5.91 Å². The van der Waals surface area contributed by atoms with Gasteiger partial charge in [0, 0.05) is 17.7 Å². The van der Waals surface area contributed by atoms with E-state index in [1.54, 1.807) is 6.07 Å². The zero-order valence-electron chi connectivity index (χ0n) is 13.2. The lowest BCUT2D eigenvalue weighted by molar-refractivity contribution is 0.0900. The minimum absolute atomic E-state index is 0.169. The molecular weight excluding hydrogens is 300 g/mol. The standard InChI is InChI=1S/C20H18N2O2/c23-20(18-13-19(24-22-18)15-9-5-2-6-10-15)21-17-11-16(12-17)14-7-3-1-4-8-14/h1-10,13,16-17H,11-12H2,(H,21,23). The highest BCUT2D eigenvalue weighted by molar-refractivity contribution is 5.93. The first-order valence-corrected chi connectivity index (χ1v) is 8.17. The molecule has 1 N–H and O–H groups in total. The van der Waals surface area contributed by atoms with Gasteiger partial charge in [-0.15, -0.1) is 0 Å². The Balaban J connectivity index is 1.36. The van der Waals surface area contributed by atoms with E-state index in [1.807, 2.05) is 36.4 Å². The van der Waals surface area contributed by atoms with E-state index in [0.29, 0.717) is 17.4 Å². The summed E-state index contributed by atoms with van der Waals surface area (Å²) < 4.78 is 5.28. The molecule has 0 bridgehead atoms. The van der Waals surface area contributed by atoms with Crippen molar-refractivity contribution in [1.82, 2.24) is 10.5 Å². The Labute approximate surface area is 140 Å². The summed E-state index contributed by atoms with van der Waals surface area (Å²) >= 11 is 0. The van der Waals surface area contributed by atoms with Gasteiger partial charge in [0.1, 0.15) is 0 Å². The van der Waals surface area contributed by atoms with Gasteiger partial charge in [-0.1, -0.05) is 65.8 Å². The molecule has 4 rings (SSSR count). The van der Waals surface area contributed by atoms with Crippen LogP contribution < -0.4 is 5.32 Å². The van der Waals surface area contributed by atoms with Gasteiger partial charge >= 0.3 is 0 Å². The molecule has 1 fully saturated rings. The van der Waals surface area contributed by atoms with E-state index in [-0.39, 0.29) is 11.9 Å². The van der Waals surface area contributed by atoms with Crippen molar-refractivity contribution < 1.29 is 9.32 Å². The predicted molar refractivity (Wildman–Crippen MR) is 91.6 cm³/mol. The normalized spacial score (nSPS) is 19.5. The summed E-state index contributed by atoms with van der Waals surface area (Å²) in [7, 11) is 0. The fourth-order valence-electron chi connectivity index (χ4n) is 3.11. The van der Waals surface area contributed by atoms with Gasteiger partial charge in [0.2, 0.25) is 0 Å². The minimum Gasteiger partial charge on any atom is -0.355 e. The van der Waals surface area contributed by atoms with E-state index >= 15 is 0 Å². The molecule has 2 aromatic carbocycles. The highest BCUT2D eigenvalue weighted by Gasteiger charge is 2.32. The Hall–Kier alpha value is -2.88. The second-order valence-corrected chi connectivity index (χ2v) is 6.19. The summed E-state index contributed by atoms with van der Waals surface area (Å²) in [5, 5.41) is 6.93. The van der Waals surface area contributed by atoms with Crippen LogP contribution in [-0.4, -0.2) is 17.1 Å². The van der Waals surface area contributed by atoms with E-state index in [2.05, 4.69) is 34.7 Å². The molecule has 0 unspecified atom stereocenters. The number of rotatable bonds is 4.